The van der Waals surface area contributed by atoms with Crippen LogP contribution in [0.5, 0.6) is 0 Å². The second-order valence-electron chi connectivity index (χ2n) is 1.73. The summed E-state index contributed by atoms with van der Waals surface area (Å²) in [6, 6.07) is 0. The largest absolute Gasteiger partial charge is 0.479 e. The van der Waals surface area contributed by atoms with Crippen LogP contribution in [-0.2, 0) is 19.2 Å². The van der Waals surface area contributed by atoms with Gasteiger partial charge in [0.25, 0.3) is 0 Å². The number of carboxylic acids is 1. The zero-order valence-corrected chi connectivity index (χ0v) is 4.68. The molecule has 1 saturated heterocycles. The van der Waals surface area contributed by atoms with E-state index in [1.54, 1.807) is 0 Å². The van der Waals surface area contributed by atoms with Gasteiger partial charge in [-0.1, -0.05) is 0 Å². The molecule has 0 saturated carbocycles. The lowest BCUT2D eigenvalue weighted by Gasteiger charge is -1.85. The standard InChI is InChI=1S/C4H4O6/c5-3(6)1-2(9-1)4(7)10-8/h1-2,8H,(H,5,6). The highest BCUT2D eigenvalue weighted by Gasteiger charge is 2.52. The third kappa shape index (κ3) is 1.07. The number of rotatable bonds is 2. The molecule has 0 amide bonds. The Bertz CT molecular complexity index is 175. The maximum atomic E-state index is 10.2. The van der Waals surface area contributed by atoms with Gasteiger partial charge >= 0.3 is 11.9 Å². The van der Waals surface area contributed by atoms with E-state index in [1.807, 2.05) is 0 Å². The molecule has 1 aliphatic rings. The van der Waals surface area contributed by atoms with Crippen molar-refractivity contribution in [3.63, 3.8) is 0 Å². The fourth-order valence-corrected chi connectivity index (χ4v) is 0.531. The number of hydrogen-bond donors (Lipinski definition) is 2. The van der Waals surface area contributed by atoms with Gasteiger partial charge in [-0.25, -0.2) is 9.59 Å². The van der Waals surface area contributed by atoms with Crippen molar-refractivity contribution in [3.8, 4) is 0 Å². The van der Waals surface area contributed by atoms with Crippen LogP contribution in [0.25, 0.3) is 0 Å². The van der Waals surface area contributed by atoms with Gasteiger partial charge in [-0.3, -0.25) is 4.89 Å². The molecule has 2 N–H and O–H groups in total. The van der Waals surface area contributed by atoms with Crippen LogP contribution in [-0.4, -0.2) is 34.5 Å². The predicted molar refractivity (Wildman–Crippen MR) is 25.0 cm³/mol. The Morgan fingerprint density at radius 1 is 1.40 bits per heavy atom. The van der Waals surface area contributed by atoms with E-state index in [0.29, 0.717) is 0 Å². The van der Waals surface area contributed by atoms with Crippen LogP contribution in [0, 0.1) is 0 Å². The Balaban J connectivity index is 2.38. The summed E-state index contributed by atoms with van der Waals surface area (Å²) in [5, 5.41) is 15.9. The van der Waals surface area contributed by atoms with Crippen LogP contribution in [0.4, 0.5) is 0 Å². The molecule has 0 aromatic rings. The molecular formula is C4H4O6. The first kappa shape index (κ1) is 6.97. The van der Waals surface area contributed by atoms with E-state index in [1.165, 1.54) is 0 Å². The van der Waals surface area contributed by atoms with Crippen molar-refractivity contribution < 1.29 is 29.6 Å². The first-order chi connectivity index (χ1) is 4.66. The zero-order valence-electron chi connectivity index (χ0n) is 4.68. The van der Waals surface area contributed by atoms with Gasteiger partial charge in [0.1, 0.15) is 0 Å². The minimum atomic E-state index is -1.24. The summed E-state index contributed by atoms with van der Waals surface area (Å²) in [7, 11) is 0. The highest BCUT2D eigenvalue weighted by molar-refractivity contribution is 5.88. The molecule has 1 heterocycles. The smallest absolute Gasteiger partial charge is 0.373 e. The Morgan fingerprint density at radius 3 is 2.30 bits per heavy atom. The number of carbonyl (C=O) groups is 2. The molecule has 0 spiro atoms. The van der Waals surface area contributed by atoms with Crippen molar-refractivity contribution in [2.45, 2.75) is 12.2 Å². The summed E-state index contributed by atoms with van der Waals surface area (Å²) in [5.41, 5.74) is 0. The number of carboxylic acid groups (broad SMARTS) is 1. The van der Waals surface area contributed by atoms with Gasteiger partial charge in [0, 0.05) is 0 Å². The van der Waals surface area contributed by atoms with Gasteiger partial charge in [-0.05, 0) is 0 Å². The summed E-state index contributed by atoms with van der Waals surface area (Å²) >= 11 is 0. The molecule has 56 valence electrons. The Labute approximate surface area is 54.9 Å². The molecule has 1 fully saturated rings. The Kier molecular flexibility index (Phi) is 1.56. The molecule has 1 aliphatic heterocycles. The topological polar surface area (TPSA) is 96.4 Å². The van der Waals surface area contributed by atoms with E-state index in [-0.39, 0.29) is 0 Å². The average molecular weight is 148 g/mol. The van der Waals surface area contributed by atoms with Crippen molar-refractivity contribution in [2.75, 3.05) is 0 Å². The van der Waals surface area contributed by atoms with Gasteiger partial charge in [-0.15, -0.1) is 0 Å². The van der Waals surface area contributed by atoms with Gasteiger partial charge in [0.2, 0.25) is 0 Å². The lowest BCUT2D eigenvalue weighted by atomic mass is 10.3. The van der Waals surface area contributed by atoms with Crippen LogP contribution >= 0.6 is 0 Å². The predicted octanol–water partition coefficient (Wildman–Crippen LogP) is -1.15. The van der Waals surface area contributed by atoms with Crippen molar-refractivity contribution in [2.24, 2.45) is 0 Å². The van der Waals surface area contributed by atoms with Crippen LogP contribution in [0.1, 0.15) is 0 Å². The van der Waals surface area contributed by atoms with Crippen molar-refractivity contribution in [3.05, 3.63) is 0 Å². The van der Waals surface area contributed by atoms with E-state index in [0.717, 1.165) is 0 Å². The minimum Gasteiger partial charge on any atom is -0.479 e. The molecule has 1 rings (SSSR count). The highest BCUT2D eigenvalue weighted by Crippen LogP contribution is 2.22. The van der Waals surface area contributed by atoms with Crippen molar-refractivity contribution in [1.29, 1.82) is 0 Å². The first-order valence-corrected chi connectivity index (χ1v) is 2.40. The van der Waals surface area contributed by atoms with Gasteiger partial charge in [0.15, 0.2) is 12.2 Å². The first-order valence-electron chi connectivity index (χ1n) is 2.40. The fourth-order valence-electron chi connectivity index (χ4n) is 0.531. The van der Waals surface area contributed by atoms with E-state index in [9.17, 15) is 9.59 Å². The maximum absolute atomic E-state index is 10.2. The Morgan fingerprint density at radius 2 is 2.00 bits per heavy atom. The molecule has 0 aromatic carbocycles. The second-order valence-corrected chi connectivity index (χ2v) is 1.73. The molecule has 6 heteroatoms. The van der Waals surface area contributed by atoms with Gasteiger partial charge in [0.05, 0.1) is 0 Å². The number of ether oxygens (including phenoxy) is 1. The lowest BCUT2D eigenvalue weighted by molar-refractivity contribution is -0.235. The average Bonchev–Trinajstić information content (AvgIpc) is 2.64. The third-order valence-corrected chi connectivity index (χ3v) is 1.06. The molecule has 0 aliphatic carbocycles. The zero-order chi connectivity index (χ0) is 7.72. The van der Waals surface area contributed by atoms with Crippen molar-refractivity contribution >= 4 is 11.9 Å². The fraction of sp³-hybridized carbons (Fsp3) is 0.500. The van der Waals surface area contributed by atoms with Crippen LogP contribution in [0.3, 0.4) is 0 Å². The number of carbonyl (C=O) groups excluding carboxylic acids is 1. The number of epoxide rings is 1. The van der Waals surface area contributed by atoms with E-state index in [4.69, 9.17) is 10.4 Å². The van der Waals surface area contributed by atoms with E-state index >= 15 is 0 Å². The van der Waals surface area contributed by atoms with Crippen LogP contribution in [0.15, 0.2) is 0 Å². The molecule has 10 heavy (non-hydrogen) atoms. The summed E-state index contributed by atoms with van der Waals surface area (Å²) in [5.74, 6) is -2.32. The molecule has 2 unspecified atom stereocenters. The van der Waals surface area contributed by atoms with E-state index in [2.05, 4.69) is 9.62 Å². The van der Waals surface area contributed by atoms with Gasteiger partial charge < -0.3 is 9.84 Å². The summed E-state index contributed by atoms with van der Waals surface area (Å²) < 4.78 is 4.30. The lowest BCUT2D eigenvalue weighted by Crippen LogP contribution is -2.16. The van der Waals surface area contributed by atoms with E-state index < -0.39 is 24.1 Å². The van der Waals surface area contributed by atoms with Crippen molar-refractivity contribution in [1.82, 2.24) is 0 Å². The SMILES string of the molecule is O=C(O)C1OC1C(=O)OO. The Hall–Kier alpha value is -1.14. The summed E-state index contributed by atoms with van der Waals surface area (Å²) in [4.78, 5) is 23.4. The van der Waals surface area contributed by atoms with Crippen LogP contribution < -0.4 is 0 Å². The number of aliphatic carboxylic acids is 1. The molecule has 0 aromatic heterocycles. The minimum absolute atomic E-state index is 1.08. The quantitative estimate of drug-likeness (QED) is 0.291. The van der Waals surface area contributed by atoms with Crippen LogP contribution in [0.2, 0.25) is 0 Å². The second kappa shape index (κ2) is 2.24. The molecule has 0 radical (unpaired) electrons. The highest BCUT2D eigenvalue weighted by atomic mass is 17.1. The number of hydrogen-bond acceptors (Lipinski definition) is 5. The van der Waals surface area contributed by atoms with Gasteiger partial charge in [-0.2, -0.15) is 5.26 Å². The monoisotopic (exact) mass is 148 g/mol. The summed E-state index contributed by atoms with van der Waals surface area (Å²) in [6.07, 6.45) is -2.29. The molecule has 2 atom stereocenters. The third-order valence-electron chi connectivity index (χ3n) is 1.06. The molecular weight excluding hydrogens is 144 g/mol. The maximum Gasteiger partial charge on any atom is 0.373 e. The molecule has 0 bridgehead atoms. The normalized spacial score (nSPS) is 29.3. The summed E-state index contributed by atoms with van der Waals surface area (Å²) in [6.45, 7) is 0. The molecule has 6 nitrogen and oxygen atoms in total.